The van der Waals surface area contributed by atoms with Crippen molar-refractivity contribution >= 4 is 11.8 Å². The molecule has 5 nitrogen and oxygen atoms in total. The van der Waals surface area contributed by atoms with Crippen molar-refractivity contribution in [2.24, 2.45) is 5.92 Å². The standard InChI is InChI=1S/C22H30O5/c1-2-3-4-5-9-12-17(23)21-18(24)15-19(25)22(21)27-20(26)14-13-16-10-7-6-8-11-16/h6-8,10-12,18,21-24H,2-5,9,13-15H2,1H3/b17-12+. The summed E-state index contributed by atoms with van der Waals surface area (Å²) in [5, 5.41) is 20.5. The van der Waals surface area contributed by atoms with Crippen molar-refractivity contribution in [1.82, 2.24) is 0 Å². The van der Waals surface area contributed by atoms with Crippen molar-refractivity contribution in [3.8, 4) is 0 Å². The summed E-state index contributed by atoms with van der Waals surface area (Å²) in [4.78, 5) is 24.3. The van der Waals surface area contributed by atoms with E-state index in [4.69, 9.17) is 4.74 Å². The van der Waals surface area contributed by atoms with Crippen molar-refractivity contribution in [3.05, 3.63) is 47.7 Å². The number of ketones is 1. The van der Waals surface area contributed by atoms with Crippen LogP contribution < -0.4 is 0 Å². The molecule has 0 saturated heterocycles. The van der Waals surface area contributed by atoms with E-state index in [1.807, 2.05) is 30.3 Å². The van der Waals surface area contributed by atoms with Gasteiger partial charge in [0, 0.05) is 12.8 Å². The molecule has 0 bridgehead atoms. The molecule has 0 heterocycles. The van der Waals surface area contributed by atoms with Gasteiger partial charge in [0.1, 0.15) is 0 Å². The number of rotatable bonds is 10. The molecule has 0 amide bonds. The molecule has 1 aliphatic rings. The summed E-state index contributed by atoms with van der Waals surface area (Å²) in [6.45, 7) is 2.13. The Kier molecular flexibility index (Phi) is 8.52. The van der Waals surface area contributed by atoms with Gasteiger partial charge >= 0.3 is 5.97 Å². The third-order valence-electron chi connectivity index (χ3n) is 4.94. The van der Waals surface area contributed by atoms with Gasteiger partial charge in [-0.1, -0.05) is 56.5 Å². The number of benzene rings is 1. The molecule has 0 radical (unpaired) electrons. The van der Waals surface area contributed by atoms with Gasteiger partial charge in [0.15, 0.2) is 11.9 Å². The highest BCUT2D eigenvalue weighted by Gasteiger charge is 2.46. The molecule has 1 fully saturated rings. The van der Waals surface area contributed by atoms with Crippen LogP contribution in [-0.4, -0.2) is 34.2 Å². The van der Waals surface area contributed by atoms with E-state index in [1.165, 1.54) is 0 Å². The Morgan fingerprint density at radius 1 is 1.22 bits per heavy atom. The van der Waals surface area contributed by atoms with Crippen LogP contribution in [0.5, 0.6) is 0 Å². The van der Waals surface area contributed by atoms with Crippen molar-refractivity contribution in [2.45, 2.75) is 70.5 Å². The summed E-state index contributed by atoms with van der Waals surface area (Å²) >= 11 is 0. The predicted octanol–water partition coefficient (Wildman–Crippen LogP) is 3.89. The Balaban J connectivity index is 1.91. The van der Waals surface area contributed by atoms with Gasteiger partial charge in [-0.25, -0.2) is 0 Å². The fraction of sp³-hybridized carbons (Fsp3) is 0.545. The molecule has 3 atom stereocenters. The number of aryl methyl sites for hydroxylation is 1. The molecule has 0 aromatic heterocycles. The highest BCUT2D eigenvalue weighted by Crippen LogP contribution is 2.31. The summed E-state index contributed by atoms with van der Waals surface area (Å²) in [6.07, 6.45) is 5.06. The molecule has 0 spiro atoms. The SMILES string of the molecule is CCCCCC/C=C(/O)C1C(O)CC(=O)C1OC(=O)CCc1ccccc1. The Morgan fingerprint density at radius 3 is 2.67 bits per heavy atom. The monoisotopic (exact) mass is 374 g/mol. The predicted molar refractivity (Wildman–Crippen MR) is 103 cm³/mol. The van der Waals surface area contributed by atoms with Gasteiger partial charge in [-0.05, 0) is 30.9 Å². The molecule has 3 unspecified atom stereocenters. The first-order valence-corrected chi connectivity index (χ1v) is 9.86. The minimum absolute atomic E-state index is 0.0503. The summed E-state index contributed by atoms with van der Waals surface area (Å²) in [5.41, 5.74) is 1.01. The first kappa shape index (κ1) is 21.2. The summed E-state index contributed by atoms with van der Waals surface area (Å²) in [7, 11) is 0. The number of hydrogen-bond acceptors (Lipinski definition) is 5. The van der Waals surface area contributed by atoms with Crippen molar-refractivity contribution < 1.29 is 24.5 Å². The van der Waals surface area contributed by atoms with Crippen LogP contribution in [0.25, 0.3) is 0 Å². The fourth-order valence-corrected chi connectivity index (χ4v) is 3.39. The zero-order valence-electron chi connectivity index (χ0n) is 16.0. The van der Waals surface area contributed by atoms with E-state index in [2.05, 4.69) is 6.92 Å². The number of ether oxygens (including phenoxy) is 1. The highest BCUT2D eigenvalue weighted by molar-refractivity contribution is 5.89. The lowest BCUT2D eigenvalue weighted by atomic mass is 9.99. The average Bonchev–Trinajstić information content (AvgIpc) is 2.93. The second kappa shape index (κ2) is 10.9. The van der Waals surface area contributed by atoms with Crippen LogP contribution in [-0.2, 0) is 20.7 Å². The Morgan fingerprint density at radius 2 is 1.96 bits per heavy atom. The Labute approximate surface area is 161 Å². The maximum Gasteiger partial charge on any atom is 0.306 e. The molecule has 1 aromatic rings. The van der Waals surface area contributed by atoms with E-state index in [0.717, 1.165) is 31.2 Å². The molecule has 1 aromatic carbocycles. The van der Waals surface area contributed by atoms with Crippen molar-refractivity contribution in [3.63, 3.8) is 0 Å². The number of unbranched alkanes of at least 4 members (excludes halogenated alkanes) is 4. The summed E-state index contributed by atoms with van der Waals surface area (Å²) in [5.74, 6) is -1.74. The maximum absolute atomic E-state index is 12.2. The van der Waals surface area contributed by atoms with E-state index < -0.39 is 24.1 Å². The van der Waals surface area contributed by atoms with E-state index in [1.54, 1.807) is 6.08 Å². The zero-order valence-corrected chi connectivity index (χ0v) is 16.0. The van der Waals surface area contributed by atoms with Gasteiger partial charge in [-0.15, -0.1) is 0 Å². The minimum Gasteiger partial charge on any atom is -0.512 e. The van der Waals surface area contributed by atoms with E-state index in [-0.39, 0.29) is 24.4 Å². The Bertz CT molecular complexity index is 637. The average molecular weight is 374 g/mol. The van der Waals surface area contributed by atoms with Crippen LogP contribution in [0.15, 0.2) is 42.2 Å². The van der Waals surface area contributed by atoms with Gasteiger partial charge in [-0.3, -0.25) is 9.59 Å². The molecule has 27 heavy (non-hydrogen) atoms. The van der Waals surface area contributed by atoms with Gasteiger partial charge in [0.25, 0.3) is 0 Å². The molecule has 5 heteroatoms. The van der Waals surface area contributed by atoms with Crippen LogP contribution in [0.4, 0.5) is 0 Å². The highest BCUT2D eigenvalue weighted by atomic mass is 16.5. The number of esters is 1. The van der Waals surface area contributed by atoms with Gasteiger partial charge in [-0.2, -0.15) is 0 Å². The summed E-state index contributed by atoms with van der Waals surface area (Å²) < 4.78 is 5.35. The molecule has 2 N–H and O–H groups in total. The molecule has 2 rings (SSSR count). The van der Waals surface area contributed by atoms with Crippen molar-refractivity contribution in [1.29, 1.82) is 0 Å². The number of aliphatic hydroxyl groups is 2. The fourth-order valence-electron chi connectivity index (χ4n) is 3.39. The zero-order chi connectivity index (χ0) is 19.6. The van der Waals surface area contributed by atoms with Crippen molar-refractivity contribution in [2.75, 3.05) is 0 Å². The Hall–Kier alpha value is -2.14. The molecule has 0 aliphatic heterocycles. The van der Waals surface area contributed by atoms with Crippen LogP contribution in [0, 0.1) is 5.92 Å². The molecule has 1 saturated carbocycles. The topological polar surface area (TPSA) is 83.8 Å². The maximum atomic E-state index is 12.2. The molecule has 1 aliphatic carbocycles. The van der Waals surface area contributed by atoms with Crippen LogP contribution in [0.1, 0.15) is 57.4 Å². The quantitative estimate of drug-likeness (QED) is 0.369. The lowest BCUT2D eigenvalue weighted by molar-refractivity contribution is -0.156. The van der Waals surface area contributed by atoms with Crippen LogP contribution in [0.3, 0.4) is 0 Å². The third-order valence-corrected chi connectivity index (χ3v) is 4.94. The normalized spacial score (nSPS) is 22.8. The number of carbonyl (C=O) groups excluding carboxylic acids is 2. The van der Waals surface area contributed by atoms with Gasteiger partial charge < -0.3 is 14.9 Å². The molecule has 148 valence electrons. The number of aliphatic hydroxyl groups excluding tert-OH is 2. The second-order valence-electron chi connectivity index (χ2n) is 7.14. The second-order valence-corrected chi connectivity index (χ2v) is 7.14. The van der Waals surface area contributed by atoms with Gasteiger partial charge in [0.05, 0.1) is 17.8 Å². The number of hydrogen-bond donors (Lipinski definition) is 2. The first-order valence-electron chi connectivity index (χ1n) is 9.86. The van der Waals surface area contributed by atoms with E-state index in [9.17, 15) is 19.8 Å². The smallest absolute Gasteiger partial charge is 0.306 e. The first-order chi connectivity index (χ1) is 13.0. The lowest BCUT2D eigenvalue weighted by Crippen LogP contribution is -2.32. The minimum atomic E-state index is -1.10. The van der Waals surface area contributed by atoms with Crippen LogP contribution in [0.2, 0.25) is 0 Å². The van der Waals surface area contributed by atoms with E-state index in [0.29, 0.717) is 12.8 Å². The summed E-state index contributed by atoms with van der Waals surface area (Å²) in [6, 6.07) is 9.55. The van der Waals surface area contributed by atoms with Gasteiger partial charge in [0.2, 0.25) is 0 Å². The lowest BCUT2D eigenvalue weighted by Gasteiger charge is -2.20. The van der Waals surface area contributed by atoms with E-state index >= 15 is 0 Å². The van der Waals surface area contributed by atoms with Crippen LogP contribution >= 0.6 is 0 Å². The number of allylic oxidation sites excluding steroid dienone is 1. The third kappa shape index (κ3) is 6.51. The number of carbonyl (C=O) groups is 2. The largest absolute Gasteiger partial charge is 0.512 e. The molecular weight excluding hydrogens is 344 g/mol. The number of Topliss-reactive ketones (excluding diaryl/α,β-unsaturated/α-hetero) is 1. The molecular formula is C22H30O5.